The molecule has 0 saturated carbocycles. The number of amides is 1. The number of piperazine rings is 1. The number of nitrogens with one attached hydrogen (secondary N) is 1. The van der Waals surface area contributed by atoms with Gasteiger partial charge in [0, 0.05) is 38.3 Å². The molecule has 1 heterocycles. The highest BCUT2D eigenvalue weighted by molar-refractivity contribution is 5.93. The Labute approximate surface area is 195 Å². The van der Waals surface area contributed by atoms with Gasteiger partial charge < -0.3 is 15.2 Å². The Morgan fingerprint density at radius 1 is 1.03 bits per heavy atom. The molecule has 1 saturated heterocycles. The zero-order valence-corrected chi connectivity index (χ0v) is 18.7. The lowest BCUT2D eigenvalue weighted by Crippen LogP contribution is -2.48. The quantitative estimate of drug-likeness (QED) is 0.558. The summed E-state index contributed by atoms with van der Waals surface area (Å²) < 4.78 is 44.8. The van der Waals surface area contributed by atoms with E-state index in [-0.39, 0.29) is 18.0 Å². The summed E-state index contributed by atoms with van der Waals surface area (Å²) in [5.74, 6) is 0.442. The number of rotatable bonds is 6. The number of ether oxygens (including phenoxy) is 1. The van der Waals surface area contributed by atoms with E-state index in [2.05, 4.69) is 10.2 Å². The lowest BCUT2D eigenvalue weighted by atomic mass is 10.0. The summed E-state index contributed by atoms with van der Waals surface area (Å²) in [4.78, 5) is 16.5. The number of methoxy groups -OCH3 is 1. The highest BCUT2D eigenvalue weighted by Crippen LogP contribution is 2.34. The first kappa shape index (κ1) is 23.8. The van der Waals surface area contributed by atoms with E-state index in [1.54, 1.807) is 13.2 Å². The van der Waals surface area contributed by atoms with Crippen LogP contribution < -0.4 is 10.1 Å². The van der Waals surface area contributed by atoms with Gasteiger partial charge in [0.25, 0.3) is 0 Å². The van der Waals surface area contributed by atoms with Gasteiger partial charge in [-0.3, -0.25) is 14.6 Å². The number of carbonyl (C=O) groups excluding carboxylic acids is 1. The Morgan fingerprint density at radius 2 is 1.71 bits per heavy atom. The summed E-state index contributed by atoms with van der Waals surface area (Å²) in [5, 5.41) is 14.8. The van der Waals surface area contributed by atoms with Crippen LogP contribution in [0.15, 0.2) is 54.6 Å². The first-order valence-electron chi connectivity index (χ1n) is 10.9. The van der Waals surface area contributed by atoms with Crippen LogP contribution in [0.5, 0.6) is 11.5 Å². The molecule has 6 nitrogen and oxygen atoms in total. The number of phenolic OH excluding ortho intramolecular Hbond substituents is 1. The summed E-state index contributed by atoms with van der Waals surface area (Å²) in [5.41, 5.74) is -0.286. The van der Waals surface area contributed by atoms with Gasteiger partial charge in [0.2, 0.25) is 5.91 Å². The molecule has 0 bridgehead atoms. The number of nitrogens with zero attached hydrogens (tertiary/aromatic N) is 2. The van der Waals surface area contributed by atoms with Gasteiger partial charge in [-0.15, -0.1) is 0 Å². The van der Waals surface area contributed by atoms with Gasteiger partial charge in [-0.1, -0.05) is 24.3 Å². The molecule has 180 valence electrons. The lowest BCUT2D eigenvalue weighted by Gasteiger charge is -2.34. The molecule has 1 amide bonds. The summed E-state index contributed by atoms with van der Waals surface area (Å²) >= 11 is 0. The highest BCUT2D eigenvalue weighted by atomic mass is 19.4. The summed E-state index contributed by atoms with van der Waals surface area (Å²) in [7, 11) is 1.60. The zero-order valence-electron chi connectivity index (χ0n) is 18.7. The van der Waals surface area contributed by atoms with Crippen LogP contribution >= 0.6 is 0 Å². The number of fused-ring (bicyclic) bond motifs is 1. The molecule has 0 unspecified atom stereocenters. The molecule has 1 fully saturated rings. The van der Waals surface area contributed by atoms with E-state index in [1.165, 1.54) is 18.2 Å². The second-order valence-electron chi connectivity index (χ2n) is 8.29. The van der Waals surface area contributed by atoms with Gasteiger partial charge >= 0.3 is 6.18 Å². The smallest absolute Gasteiger partial charge is 0.418 e. The Bertz CT molecular complexity index is 1180. The van der Waals surface area contributed by atoms with Crippen molar-refractivity contribution in [1.82, 2.24) is 9.80 Å². The molecular formula is C25H26F3N3O3. The molecule has 0 aromatic heterocycles. The number of benzene rings is 3. The second-order valence-corrected chi connectivity index (χ2v) is 8.29. The van der Waals surface area contributed by atoms with Crippen LogP contribution in [0.1, 0.15) is 11.1 Å². The number of para-hydroxylation sites is 1. The number of hydrogen-bond acceptors (Lipinski definition) is 5. The molecule has 9 heteroatoms. The van der Waals surface area contributed by atoms with Crippen LogP contribution in [0.2, 0.25) is 0 Å². The van der Waals surface area contributed by atoms with E-state index in [4.69, 9.17) is 4.74 Å². The third-order valence-electron chi connectivity index (χ3n) is 6.04. The Hall–Kier alpha value is -3.30. The maximum Gasteiger partial charge on any atom is 0.418 e. The fraction of sp³-hybridized carbons (Fsp3) is 0.320. The first-order chi connectivity index (χ1) is 16.2. The maximum atomic E-state index is 13.2. The van der Waals surface area contributed by atoms with Crippen molar-refractivity contribution in [1.29, 1.82) is 0 Å². The van der Waals surface area contributed by atoms with Crippen LogP contribution in [-0.2, 0) is 17.5 Å². The average Bonchev–Trinajstić information content (AvgIpc) is 2.81. The van der Waals surface area contributed by atoms with Crippen molar-refractivity contribution < 1.29 is 27.8 Å². The van der Waals surface area contributed by atoms with Crippen molar-refractivity contribution in [2.45, 2.75) is 12.7 Å². The molecule has 0 atom stereocenters. The monoisotopic (exact) mass is 473 g/mol. The number of hydrogen-bond donors (Lipinski definition) is 2. The SMILES string of the molecule is COc1ccc2ccc(O)c(CN3CCN(CC(=O)Nc4ccccc4C(F)(F)F)CC3)c2c1. The molecule has 2 N–H and O–H groups in total. The van der Waals surface area contributed by atoms with E-state index in [0.717, 1.165) is 22.4 Å². The van der Waals surface area contributed by atoms with Gasteiger partial charge in [0.15, 0.2) is 0 Å². The lowest BCUT2D eigenvalue weighted by molar-refractivity contribution is -0.137. The number of alkyl halides is 3. The van der Waals surface area contributed by atoms with Crippen LogP contribution in [0.25, 0.3) is 10.8 Å². The minimum Gasteiger partial charge on any atom is -0.508 e. The van der Waals surface area contributed by atoms with Crippen molar-refractivity contribution in [2.24, 2.45) is 0 Å². The molecule has 1 aliphatic heterocycles. The molecule has 4 rings (SSSR count). The topological polar surface area (TPSA) is 65.0 Å². The van der Waals surface area contributed by atoms with Crippen LogP contribution in [0.4, 0.5) is 18.9 Å². The minimum atomic E-state index is -4.54. The van der Waals surface area contributed by atoms with Crippen molar-refractivity contribution in [3.05, 3.63) is 65.7 Å². The standard InChI is InChI=1S/C25H26F3N3O3/c1-34-18-8-6-17-7-9-23(32)20(19(17)14-18)15-30-10-12-31(13-11-30)16-24(33)29-22-5-3-2-4-21(22)25(26,27)28/h2-9,14,32H,10-13,15-16H2,1H3,(H,29,33). The van der Waals surface area contributed by atoms with Crippen molar-refractivity contribution in [3.8, 4) is 11.5 Å². The Morgan fingerprint density at radius 3 is 2.41 bits per heavy atom. The van der Waals surface area contributed by atoms with E-state index >= 15 is 0 Å². The van der Waals surface area contributed by atoms with Crippen molar-refractivity contribution in [2.75, 3.05) is 45.2 Å². The van der Waals surface area contributed by atoms with Gasteiger partial charge in [-0.25, -0.2) is 0 Å². The fourth-order valence-electron chi connectivity index (χ4n) is 4.20. The Balaban J connectivity index is 1.36. The van der Waals surface area contributed by atoms with E-state index in [9.17, 15) is 23.1 Å². The fourth-order valence-corrected chi connectivity index (χ4v) is 4.20. The molecule has 0 spiro atoms. The third-order valence-corrected chi connectivity index (χ3v) is 6.04. The molecule has 3 aromatic rings. The van der Waals surface area contributed by atoms with Gasteiger partial charge in [-0.2, -0.15) is 13.2 Å². The molecule has 34 heavy (non-hydrogen) atoms. The van der Waals surface area contributed by atoms with Crippen LogP contribution in [0.3, 0.4) is 0 Å². The number of phenols is 1. The Kier molecular flexibility index (Phi) is 6.95. The normalized spacial score (nSPS) is 15.4. The molecule has 3 aromatic carbocycles. The van der Waals surface area contributed by atoms with Gasteiger partial charge in [-0.05, 0) is 41.1 Å². The van der Waals surface area contributed by atoms with Crippen LogP contribution in [-0.4, -0.2) is 60.6 Å². The van der Waals surface area contributed by atoms with Crippen molar-refractivity contribution in [3.63, 3.8) is 0 Å². The molecule has 0 radical (unpaired) electrons. The predicted octanol–water partition coefficient (Wildman–Crippen LogP) is 4.33. The number of carbonyl (C=O) groups is 1. The molecule has 1 aliphatic rings. The number of aromatic hydroxyl groups is 1. The number of halogens is 3. The maximum absolute atomic E-state index is 13.2. The summed E-state index contributed by atoms with van der Waals surface area (Å²) in [6, 6.07) is 14.2. The first-order valence-corrected chi connectivity index (χ1v) is 10.9. The van der Waals surface area contributed by atoms with E-state index in [1.807, 2.05) is 29.2 Å². The van der Waals surface area contributed by atoms with Crippen molar-refractivity contribution >= 4 is 22.4 Å². The average molecular weight is 473 g/mol. The predicted molar refractivity (Wildman–Crippen MR) is 124 cm³/mol. The van der Waals surface area contributed by atoms with Crippen LogP contribution in [0, 0.1) is 0 Å². The summed E-state index contributed by atoms with van der Waals surface area (Å²) in [6.07, 6.45) is -4.54. The minimum absolute atomic E-state index is 0.0107. The number of anilines is 1. The summed E-state index contributed by atoms with van der Waals surface area (Å²) in [6.45, 7) is 3.04. The largest absolute Gasteiger partial charge is 0.508 e. The zero-order chi connectivity index (χ0) is 24.3. The highest BCUT2D eigenvalue weighted by Gasteiger charge is 2.33. The molecule has 0 aliphatic carbocycles. The van der Waals surface area contributed by atoms with E-state index in [0.29, 0.717) is 38.5 Å². The van der Waals surface area contributed by atoms with Gasteiger partial charge in [0.1, 0.15) is 11.5 Å². The van der Waals surface area contributed by atoms with Gasteiger partial charge in [0.05, 0.1) is 24.9 Å². The molecular weight excluding hydrogens is 447 g/mol. The third kappa shape index (κ3) is 5.43. The second kappa shape index (κ2) is 9.90. The van der Waals surface area contributed by atoms with E-state index < -0.39 is 17.6 Å².